The van der Waals surface area contributed by atoms with Gasteiger partial charge in [0.25, 0.3) is 5.56 Å². The van der Waals surface area contributed by atoms with Crippen molar-refractivity contribution in [2.24, 2.45) is 0 Å². The summed E-state index contributed by atoms with van der Waals surface area (Å²) in [5.74, 6) is 0.607. The Morgan fingerprint density at radius 3 is 2.81 bits per heavy atom. The molecular weight excluding hydrogens is 336 g/mol. The van der Waals surface area contributed by atoms with E-state index in [0.29, 0.717) is 36.6 Å². The van der Waals surface area contributed by atoms with Crippen LogP contribution < -0.4 is 5.56 Å². The zero-order valence-corrected chi connectivity index (χ0v) is 14.5. The first-order valence-corrected chi connectivity index (χ1v) is 8.55. The lowest BCUT2D eigenvalue weighted by molar-refractivity contribution is -0.136. The molecule has 26 heavy (non-hydrogen) atoms. The maximum absolute atomic E-state index is 12.3. The van der Waals surface area contributed by atoms with E-state index in [1.807, 2.05) is 24.3 Å². The molecule has 1 fully saturated rings. The van der Waals surface area contributed by atoms with Crippen LogP contribution >= 0.6 is 0 Å². The van der Waals surface area contributed by atoms with Gasteiger partial charge in [-0.1, -0.05) is 12.1 Å². The Hall–Kier alpha value is -2.71. The van der Waals surface area contributed by atoms with Gasteiger partial charge in [-0.25, -0.2) is 4.98 Å². The number of methoxy groups -OCH3 is 1. The molecule has 0 unspecified atom stereocenters. The van der Waals surface area contributed by atoms with Gasteiger partial charge in [-0.2, -0.15) is 0 Å². The van der Waals surface area contributed by atoms with Gasteiger partial charge >= 0.3 is 0 Å². The number of para-hydroxylation sites is 1. The summed E-state index contributed by atoms with van der Waals surface area (Å²) in [4.78, 5) is 35.6. The molecule has 0 saturated carbocycles. The van der Waals surface area contributed by atoms with E-state index in [0.717, 1.165) is 18.5 Å². The first-order chi connectivity index (χ1) is 12.7. The van der Waals surface area contributed by atoms with E-state index in [9.17, 15) is 9.59 Å². The zero-order valence-electron chi connectivity index (χ0n) is 14.5. The molecule has 0 aliphatic carbocycles. The minimum atomic E-state index is -0.268. The molecule has 8 heteroatoms. The molecule has 0 atom stereocenters. The number of furan rings is 1. The highest BCUT2D eigenvalue weighted by Crippen LogP contribution is 2.24. The fraction of sp³-hybridized carbons (Fsp3) is 0.389. The Bertz CT molecular complexity index is 1000. The zero-order chi connectivity index (χ0) is 18.1. The minimum Gasteiger partial charge on any atom is -0.449 e. The van der Waals surface area contributed by atoms with Crippen LogP contribution in [0.5, 0.6) is 0 Å². The fourth-order valence-corrected chi connectivity index (χ4v) is 3.30. The predicted molar refractivity (Wildman–Crippen MR) is 95.9 cm³/mol. The number of rotatable bonds is 4. The molecule has 4 rings (SSSR count). The molecule has 1 aromatic carbocycles. The van der Waals surface area contributed by atoms with Crippen molar-refractivity contribution in [2.45, 2.75) is 6.54 Å². The van der Waals surface area contributed by atoms with Crippen LogP contribution in [0, 0.1) is 0 Å². The summed E-state index contributed by atoms with van der Waals surface area (Å²) in [7, 11) is 1.52. The third kappa shape index (κ3) is 3.09. The van der Waals surface area contributed by atoms with E-state index in [1.54, 1.807) is 4.90 Å². The number of fused-ring (bicyclic) bond motifs is 3. The van der Waals surface area contributed by atoms with Crippen molar-refractivity contribution in [3.8, 4) is 0 Å². The molecule has 1 N–H and O–H groups in total. The van der Waals surface area contributed by atoms with Crippen LogP contribution in [0.1, 0.15) is 5.82 Å². The molecule has 3 heterocycles. The van der Waals surface area contributed by atoms with Gasteiger partial charge in [-0.15, -0.1) is 0 Å². The number of carbonyl (C=O) groups excluding carboxylic acids is 1. The topological polar surface area (TPSA) is 91.7 Å². The SMILES string of the molecule is COCC(=O)N1CCN(Cc2nc3c(oc4ccccc43)c(=O)[nH]2)CC1. The molecule has 0 bridgehead atoms. The maximum atomic E-state index is 12.3. The summed E-state index contributed by atoms with van der Waals surface area (Å²) >= 11 is 0. The van der Waals surface area contributed by atoms with Crippen LogP contribution in [0.3, 0.4) is 0 Å². The normalized spacial score (nSPS) is 15.8. The number of hydrogen-bond donors (Lipinski definition) is 1. The van der Waals surface area contributed by atoms with Crippen molar-refractivity contribution in [2.75, 3.05) is 39.9 Å². The van der Waals surface area contributed by atoms with Crippen molar-refractivity contribution in [1.82, 2.24) is 19.8 Å². The third-order valence-corrected chi connectivity index (χ3v) is 4.65. The lowest BCUT2D eigenvalue weighted by atomic mass is 10.2. The summed E-state index contributed by atoms with van der Waals surface area (Å²) in [6.45, 7) is 3.37. The molecule has 1 aliphatic rings. The number of piperazine rings is 1. The minimum absolute atomic E-state index is 0.00460. The van der Waals surface area contributed by atoms with Gasteiger partial charge in [0.15, 0.2) is 0 Å². The second-order valence-corrected chi connectivity index (χ2v) is 6.38. The van der Waals surface area contributed by atoms with Gasteiger partial charge in [0.2, 0.25) is 11.5 Å². The number of H-pyrrole nitrogens is 1. The number of carbonyl (C=O) groups is 1. The quantitative estimate of drug-likeness (QED) is 0.749. The van der Waals surface area contributed by atoms with Crippen molar-refractivity contribution in [3.05, 3.63) is 40.4 Å². The molecular formula is C18H20N4O4. The molecule has 0 radical (unpaired) electrons. The summed E-state index contributed by atoms with van der Waals surface area (Å²) in [5.41, 5.74) is 1.23. The van der Waals surface area contributed by atoms with Crippen molar-refractivity contribution < 1.29 is 13.9 Å². The van der Waals surface area contributed by atoms with Gasteiger partial charge in [-0.3, -0.25) is 14.5 Å². The van der Waals surface area contributed by atoms with Crippen LogP contribution in [-0.4, -0.2) is 65.6 Å². The predicted octanol–water partition coefficient (Wildman–Crippen LogP) is 0.960. The van der Waals surface area contributed by atoms with Crippen molar-refractivity contribution in [3.63, 3.8) is 0 Å². The Labute approximate surface area is 149 Å². The monoisotopic (exact) mass is 356 g/mol. The van der Waals surface area contributed by atoms with Crippen LogP contribution in [0.4, 0.5) is 0 Å². The number of ether oxygens (including phenoxy) is 1. The molecule has 3 aromatic rings. The Morgan fingerprint density at radius 1 is 1.27 bits per heavy atom. The molecule has 136 valence electrons. The van der Waals surface area contributed by atoms with Crippen LogP contribution in [0.15, 0.2) is 33.5 Å². The average molecular weight is 356 g/mol. The highest BCUT2D eigenvalue weighted by atomic mass is 16.5. The van der Waals surface area contributed by atoms with Crippen LogP contribution in [-0.2, 0) is 16.1 Å². The first kappa shape index (κ1) is 16.7. The summed E-state index contributed by atoms with van der Waals surface area (Å²) in [6.07, 6.45) is 0. The number of aromatic nitrogens is 2. The Kier molecular flexibility index (Phi) is 4.44. The standard InChI is InChI=1S/C18H20N4O4/c1-25-11-15(23)22-8-6-21(7-9-22)10-14-19-16-12-4-2-3-5-13(12)26-17(16)18(24)20-14/h2-5H,6-11H2,1H3,(H,19,20,24). The van der Waals surface area contributed by atoms with E-state index in [1.165, 1.54) is 7.11 Å². The highest BCUT2D eigenvalue weighted by molar-refractivity contribution is 6.01. The summed E-state index contributed by atoms with van der Waals surface area (Å²) < 4.78 is 10.5. The molecule has 0 spiro atoms. The Morgan fingerprint density at radius 2 is 2.04 bits per heavy atom. The molecule has 1 amide bonds. The number of hydrogen-bond acceptors (Lipinski definition) is 6. The van der Waals surface area contributed by atoms with Crippen LogP contribution in [0.2, 0.25) is 0 Å². The van der Waals surface area contributed by atoms with Gasteiger partial charge in [0.05, 0.1) is 6.54 Å². The molecule has 1 aliphatic heterocycles. The van der Waals surface area contributed by atoms with Gasteiger partial charge < -0.3 is 19.0 Å². The second kappa shape index (κ2) is 6.89. The van der Waals surface area contributed by atoms with Crippen molar-refractivity contribution in [1.29, 1.82) is 0 Å². The van der Waals surface area contributed by atoms with E-state index in [4.69, 9.17) is 9.15 Å². The van der Waals surface area contributed by atoms with Gasteiger partial charge in [0, 0.05) is 38.7 Å². The summed E-state index contributed by atoms with van der Waals surface area (Å²) in [5, 5.41) is 0.838. The second-order valence-electron chi connectivity index (χ2n) is 6.38. The summed E-state index contributed by atoms with van der Waals surface area (Å²) in [6, 6.07) is 7.49. The highest BCUT2D eigenvalue weighted by Gasteiger charge is 2.22. The fourth-order valence-electron chi connectivity index (χ4n) is 3.30. The van der Waals surface area contributed by atoms with Crippen molar-refractivity contribution >= 4 is 28.0 Å². The van der Waals surface area contributed by atoms with Crippen LogP contribution in [0.25, 0.3) is 22.1 Å². The first-order valence-electron chi connectivity index (χ1n) is 8.55. The Balaban J connectivity index is 1.52. The van der Waals surface area contributed by atoms with Gasteiger partial charge in [-0.05, 0) is 12.1 Å². The van der Waals surface area contributed by atoms with Gasteiger partial charge in [0.1, 0.15) is 23.5 Å². The van der Waals surface area contributed by atoms with E-state index >= 15 is 0 Å². The lowest BCUT2D eigenvalue weighted by Gasteiger charge is -2.34. The lowest BCUT2D eigenvalue weighted by Crippen LogP contribution is -2.49. The smallest absolute Gasteiger partial charge is 0.294 e. The number of nitrogens with zero attached hydrogens (tertiary/aromatic N) is 3. The third-order valence-electron chi connectivity index (χ3n) is 4.65. The largest absolute Gasteiger partial charge is 0.449 e. The number of amides is 1. The number of benzene rings is 1. The van der Waals surface area contributed by atoms with E-state index in [-0.39, 0.29) is 23.7 Å². The molecule has 8 nitrogen and oxygen atoms in total. The maximum Gasteiger partial charge on any atom is 0.294 e. The van der Waals surface area contributed by atoms with E-state index < -0.39 is 0 Å². The number of aromatic amines is 1. The molecule has 1 saturated heterocycles. The number of nitrogens with one attached hydrogen (secondary N) is 1. The molecule has 2 aromatic heterocycles. The average Bonchev–Trinajstić information content (AvgIpc) is 3.02. The van der Waals surface area contributed by atoms with E-state index in [2.05, 4.69) is 14.9 Å².